The first-order valence-electron chi connectivity index (χ1n) is 8.45. The van der Waals surface area contributed by atoms with E-state index in [1.807, 2.05) is 30.1 Å². The highest BCUT2D eigenvalue weighted by Gasteiger charge is 2.24. The van der Waals surface area contributed by atoms with Gasteiger partial charge in [-0.25, -0.2) is 0 Å². The molecule has 2 amide bonds. The molecule has 0 N–H and O–H groups in total. The smallest absolute Gasteiger partial charge is 0.260 e. The Hall–Kier alpha value is -2.04. The summed E-state index contributed by atoms with van der Waals surface area (Å²) < 4.78 is 5.78. The molecule has 0 bridgehead atoms. The van der Waals surface area contributed by atoms with Gasteiger partial charge in [-0.1, -0.05) is 18.9 Å². The molecule has 2 aliphatic heterocycles. The van der Waals surface area contributed by atoms with E-state index in [4.69, 9.17) is 4.74 Å². The molecule has 23 heavy (non-hydrogen) atoms. The molecule has 0 aromatic heterocycles. The summed E-state index contributed by atoms with van der Waals surface area (Å²) in [5.41, 5.74) is 1.62. The molecule has 1 aromatic rings. The highest BCUT2D eigenvalue weighted by molar-refractivity contribution is 5.97. The molecule has 0 atom stereocenters. The number of likely N-dealkylation sites (tertiary alicyclic amines) is 1. The van der Waals surface area contributed by atoms with Crippen molar-refractivity contribution in [2.75, 3.05) is 33.3 Å². The first-order chi connectivity index (χ1) is 11.2. The van der Waals surface area contributed by atoms with E-state index in [9.17, 15) is 9.59 Å². The third kappa shape index (κ3) is 3.49. The molecule has 124 valence electrons. The zero-order chi connectivity index (χ0) is 16.2. The second-order valence-electron chi connectivity index (χ2n) is 6.34. The molecule has 3 rings (SSSR count). The Bertz CT molecular complexity index is 592. The summed E-state index contributed by atoms with van der Waals surface area (Å²) in [5.74, 6) is 0.742. The van der Waals surface area contributed by atoms with Gasteiger partial charge in [-0.3, -0.25) is 9.59 Å². The van der Waals surface area contributed by atoms with Gasteiger partial charge in [-0.15, -0.1) is 0 Å². The van der Waals surface area contributed by atoms with Crippen LogP contribution >= 0.6 is 0 Å². The molecule has 5 heteroatoms. The second-order valence-corrected chi connectivity index (χ2v) is 6.34. The number of amides is 2. The van der Waals surface area contributed by atoms with E-state index in [1.54, 1.807) is 4.90 Å². The number of likely N-dealkylation sites (N-methyl/N-ethyl adjacent to an activating group) is 1. The van der Waals surface area contributed by atoms with Crippen LogP contribution in [0.2, 0.25) is 0 Å². The number of nitrogens with zero attached hydrogens (tertiary/aromatic N) is 2. The van der Waals surface area contributed by atoms with Gasteiger partial charge >= 0.3 is 0 Å². The van der Waals surface area contributed by atoms with Gasteiger partial charge in [0.1, 0.15) is 5.75 Å². The monoisotopic (exact) mass is 316 g/mol. The van der Waals surface area contributed by atoms with Gasteiger partial charge in [0, 0.05) is 37.8 Å². The van der Waals surface area contributed by atoms with Crippen LogP contribution in [0.25, 0.3) is 0 Å². The summed E-state index contributed by atoms with van der Waals surface area (Å²) in [7, 11) is 1.81. The number of fused-ring (bicyclic) bond motifs is 1. The number of hydrogen-bond donors (Lipinski definition) is 0. The lowest BCUT2D eigenvalue weighted by molar-refractivity contribution is -0.133. The van der Waals surface area contributed by atoms with E-state index >= 15 is 0 Å². The quantitative estimate of drug-likeness (QED) is 0.858. The van der Waals surface area contributed by atoms with E-state index < -0.39 is 0 Å². The third-order valence-corrected chi connectivity index (χ3v) is 4.72. The van der Waals surface area contributed by atoms with E-state index in [0.717, 1.165) is 37.9 Å². The summed E-state index contributed by atoms with van der Waals surface area (Å²) in [6.45, 7) is 2.41. The molecule has 1 saturated heterocycles. The minimum atomic E-state index is 0.0237. The van der Waals surface area contributed by atoms with E-state index in [1.165, 1.54) is 12.8 Å². The van der Waals surface area contributed by atoms with Gasteiger partial charge in [-0.2, -0.15) is 0 Å². The summed E-state index contributed by atoms with van der Waals surface area (Å²) in [6.07, 6.45) is 5.32. The number of rotatable bonds is 3. The fourth-order valence-electron chi connectivity index (χ4n) is 3.30. The molecule has 0 saturated carbocycles. The van der Waals surface area contributed by atoms with Gasteiger partial charge in [0.25, 0.3) is 11.8 Å². The average Bonchev–Trinajstić information content (AvgIpc) is 2.85. The number of ether oxygens (including phenoxy) is 1. The molecule has 0 radical (unpaired) electrons. The molecule has 1 fully saturated rings. The van der Waals surface area contributed by atoms with Crippen molar-refractivity contribution < 1.29 is 14.3 Å². The van der Waals surface area contributed by atoms with Crippen LogP contribution in [0.15, 0.2) is 18.2 Å². The fraction of sp³-hybridized carbons (Fsp3) is 0.556. The first-order valence-corrected chi connectivity index (χ1v) is 8.45. The van der Waals surface area contributed by atoms with Gasteiger partial charge in [0.2, 0.25) is 0 Å². The SMILES string of the molecule is CN1CCc2c(OCC(=O)N3CCCCCC3)cccc2C1=O. The Labute approximate surface area is 137 Å². The summed E-state index contributed by atoms with van der Waals surface area (Å²) in [4.78, 5) is 28.1. The number of benzene rings is 1. The predicted octanol–water partition coefficient (Wildman–Crippen LogP) is 2.10. The lowest BCUT2D eigenvalue weighted by Gasteiger charge is -2.26. The van der Waals surface area contributed by atoms with Crippen LogP contribution in [0.3, 0.4) is 0 Å². The normalized spacial score (nSPS) is 18.4. The zero-order valence-corrected chi connectivity index (χ0v) is 13.7. The van der Waals surface area contributed by atoms with Crippen LogP contribution in [-0.2, 0) is 11.2 Å². The van der Waals surface area contributed by atoms with Crippen molar-refractivity contribution in [2.45, 2.75) is 32.1 Å². The predicted molar refractivity (Wildman–Crippen MR) is 87.6 cm³/mol. The minimum absolute atomic E-state index is 0.0237. The van der Waals surface area contributed by atoms with Crippen LogP contribution in [-0.4, -0.2) is 54.9 Å². The maximum atomic E-state index is 12.3. The third-order valence-electron chi connectivity index (χ3n) is 4.72. The molecule has 0 unspecified atom stereocenters. The molecular weight excluding hydrogens is 292 g/mol. The van der Waals surface area contributed by atoms with Crippen molar-refractivity contribution in [3.63, 3.8) is 0 Å². The van der Waals surface area contributed by atoms with Gasteiger partial charge in [-0.05, 0) is 31.4 Å². The van der Waals surface area contributed by atoms with E-state index in [-0.39, 0.29) is 18.4 Å². The maximum Gasteiger partial charge on any atom is 0.260 e. The van der Waals surface area contributed by atoms with Crippen LogP contribution in [0.5, 0.6) is 5.75 Å². The standard InChI is InChI=1S/C18H24N2O3/c1-19-12-9-14-15(18(19)22)7-6-8-16(14)23-13-17(21)20-10-4-2-3-5-11-20/h6-8H,2-5,9-13H2,1H3. The Balaban J connectivity index is 1.67. The topological polar surface area (TPSA) is 49.9 Å². The van der Waals surface area contributed by atoms with Crippen molar-refractivity contribution in [2.24, 2.45) is 0 Å². The largest absolute Gasteiger partial charge is 0.483 e. The van der Waals surface area contributed by atoms with Crippen molar-refractivity contribution in [1.82, 2.24) is 9.80 Å². The van der Waals surface area contributed by atoms with Crippen molar-refractivity contribution in [3.05, 3.63) is 29.3 Å². The van der Waals surface area contributed by atoms with Crippen molar-refractivity contribution in [1.29, 1.82) is 0 Å². The molecule has 1 aromatic carbocycles. The van der Waals surface area contributed by atoms with Gasteiger partial charge in [0.05, 0.1) is 0 Å². The van der Waals surface area contributed by atoms with Crippen LogP contribution in [0.4, 0.5) is 0 Å². The zero-order valence-electron chi connectivity index (χ0n) is 13.7. The summed E-state index contributed by atoms with van der Waals surface area (Å²) >= 11 is 0. The molecule has 2 heterocycles. The van der Waals surface area contributed by atoms with Crippen molar-refractivity contribution >= 4 is 11.8 Å². The van der Waals surface area contributed by atoms with Crippen LogP contribution in [0.1, 0.15) is 41.6 Å². The van der Waals surface area contributed by atoms with Gasteiger partial charge < -0.3 is 14.5 Å². The summed E-state index contributed by atoms with van der Waals surface area (Å²) in [5, 5.41) is 0. The Morgan fingerprint density at radius 3 is 2.61 bits per heavy atom. The molecular formula is C18H24N2O3. The molecule has 0 aliphatic carbocycles. The second kappa shape index (κ2) is 7.02. The van der Waals surface area contributed by atoms with Crippen molar-refractivity contribution in [3.8, 4) is 5.75 Å². The first kappa shape index (κ1) is 15.8. The van der Waals surface area contributed by atoms with Gasteiger partial charge in [0.15, 0.2) is 6.61 Å². The molecule has 0 spiro atoms. The Kier molecular flexibility index (Phi) is 4.84. The average molecular weight is 316 g/mol. The summed E-state index contributed by atoms with van der Waals surface area (Å²) in [6, 6.07) is 5.51. The Morgan fingerprint density at radius 2 is 1.87 bits per heavy atom. The van der Waals surface area contributed by atoms with Crippen LogP contribution < -0.4 is 4.74 Å². The highest BCUT2D eigenvalue weighted by Crippen LogP contribution is 2.27. The maximum absolute atomic E-state index is 12.3. The van der Waals surface area contributed by atoms with E-state index in [2.05, 4.69) is 0 Å². The lowest BCUT2D eigenvalue weighted by Crippen LogP contribution is -2.36. The van der Waals surface area contributed by atoms with Crippen LogP contribution in [0, 0.1) is 0 Å². The molecule has 5 nitrogen and oxygen atoms in total. The van der Waals surface area contributed by atoms with E-state index in [0.29, 0.717) is 17.9 Å². The molecule has 2 aliphatic rings. The minimum Gasteiger partial charge on any atom is -0.483 e. The number of carbonyl (C=O) groups is 2. The number of hydrogen-bond acceptors (Lipinski definition) is 3. The number of carbonyl (C=O) groups excluding carboxylic acids is 2. The fourth-order valence-corrected chi connectivity index (χ4v) is 3.30. The highest BCUT2D eigenvalue weighted by atomic mass is 16.5. The lowest BCUT2D eigenvalue weighted by atomic mass is 9.98. The Morgan fingerprint density at radius 1 is 1.13 bits per heavy atom.